The van der Waals surface area contributed by atoms with Crippen molar-refractivity contribution >= 4 is 23.9 Å². The highest BCUT2D eigenvalue weighted by molar-refractivity contribution is 7.99. The molecule has 0 spiro atoms. The van der Waals surface area contributed by atoms with Gasteiger partial charge in [0.2, 0.25) is 0 Å². The predicted molar refractivity (Wildman–Crippen MR) is 108 cm³/mol. The molecule has 0 aliphatic carbocycles. The number of phenolic OH excluding ortho intramolecular Hbond substituents is 1. The van der Waals surface area contributed by atoms with Crippen LogP contribution in [0.3, 0.4) is 0 Å². The maximum absolute atomic E-state index is 12.0. The Hall–Kier alpha value is -3.33. The third-order valence-electron chi connectivity index (χ3n) is 3.81. The molecule has 8 nitrogen and oxygen atoms in total. The summed E-state index contributed by atoms with van der Waals surface area (Å²) < 4.78 is 6.87. The zero-order valence-electron chi connectivity index (χ0n) is 15.4. The number of ether oxygens (including phenoxy) is 1. The summed E-state index contributed by atoms with van der Waals surface area (Å²) in [7, 11) is 3.32. The van der Waals surface area contributed by atoms with E-state index in [-0.39, 0.29) is 17.4 Å². The van der Waals surface area contributed by atoms with Crippen LogP contribution in [0.4, 0.5) is 0 Å². The second-order valence-corrected chi connectivity index (χ2v) is 6.69. The van der Waals surface area contributed by atoms with Gasteiger partial charge in [-0.3, -0.25) is 4.79 Å². The van der Waals surface area contributed by atoms with Gasteiger partial charge in [-0.05, 0) is 23.8 Å². The van der Waals surface area contributed by atoms with E-state index in [0.29, 0.717) is 16.5 Å². The number of amides is 1. The van der Waals surface area contributed by atoms with Crippen LogP contribution in [-0.4, -0.2) is 44.9 Å². The molecule has 0 atom stereocenters. The molecule has 2 N–H and O–H groups in total. The fourth-order valence-electron chi connectivity index (χ4n) is 2.39. The minimum atomic E-state index is -0.267. The van der Waals surface area contributed by atoms with E-state index in [2.05, 4.69) is 20.7 Å². The number of hydrogen-bond acceptors (Lipinski definition) is 7. The van der Waals surface area contributed by atoms with E-state index < -0.39 is 0 Å². The molecule has 1 amide bonds. The minimum absolute atomic E-state index is 0.0404. The quantitative estimate of drug-likeness (QED) is 0.361. The lowest BCUT2D eigenvalue weighted by molar-refractivity contribution is -0.118. The Labute approximate surface area is 166 Å². The Balaban J connectivity index is 1.54. The van der Waals surface area contributed by atoms with E-state index in [4.69, 9.17) is 4.74 Å². The molecular formula is C19H19N5O3S. The van der Waals surface area contributed by atoms with E-state index >= 15 is 0 Å². The highest BCUT2D eigenvalue weighted by atomic mass is 32.2. The Morgan fingerprint density at radius 1 is 1.29 bits per heavy atom. The third kappa shape index (κ3) is 4.68. The second-order valence-electron chi connectivity index (χ2n) is 5.74. The minimum Gasteiger partial charge on any atom is -0.504 e. The maximum atomic E-state index is 12.0. The lowest BCUT2D eigenvalue weighted by Gasteiger charge is -2.04. The van der Waals surface area contributed by atoms with Gasteiger partial charge in [0.25, 0.3) is 5.91 Å². The second kappa shape index (κ2) is 9.05. The first-order valence-electron chi connectivity index (χ1n) is 8.35. The first kappa shape index (κ1) is 19.4. The van der Waals surface area contributed by atoms with Gasteiger partial charge in [0, 0.05) is 12.6 Å². The van der Waals surface area contributed by atoms with Gasteiger partial charge < -0.3 is 14.4 Å². The van der Waals surface area contributed by atoms with E-state index in [9.17, 15) is 9.90 Å². The number of aromatic nitrogens is 3. The van der Waals surface area contributed by atoms with Crippen molar-refractivity contribution in [2.24, 2.45) is 12.1 Å². The number of methoxy groups -OCH3 is 1. The topological polar surface area (TPSA) is 102 Å². The summed E-state index contributed by atoms with van der Waals surface area (Å²) in [5.74, 6) is 0.997. The van der Waals surface area contributed by atoms with Crippen molar-refractivity contribution in [2.75, 3.05) is 12.9 Å². The number of aromatic hydroxyl groups is 1. The van der Waals surface area contributed by atoms with Crippen molar-refractivity contribution in [3.05, 3.63) is 54.1 Å². The molecule has 0 unspecified atom stereocenters. The number of carbonyl (C=O) groups excluding carboxylic acids is 1. The van der Waals surface area contributed by atoms with Crippen LogP contribution < -0.4 is 10.2 Å². The molecule has 9 heteroatoms. The predicted octanol–water partition coefficient (Wildman–Crippen LogP) is 2.44. The molecule has 0 aliphatic heterocycles. The third-order valence-corrected chi connectivity index (χ3v) is 4.83. The molecule has 144 valence electrons. The molecule has 3 rings (SSSR count). The lowest BCUT2D eigenvalue weighted by Crippen LogP contribution is -2.19. The molecule has 28 heavy (non-hydrogen) atoms. The maximum Gasteiger partial charge on any atom is 0.250 e. The Kier molecular flexibility index (Phi) is 6.28. The number of hydrogen-bond donors (Lipinski definition) is 2. The SMILES string of the molecule is COc1cc(/C=N/NC(=O)CSc2nnc(-c3ccccc3)n2C)ccc1O. The van der Waals surface area contributed by atoms with Gasteiger partial charge in [0.1, 0.15) is 0 Å². The van der Waals surface area contributed by atoms with E-state index in [0.717, 1.165) is 11.4 Å². The van der Waals surface area contributed by atoms with Gasteiger partial charge in [-0.1, -0.05) is 42.1 Å². The smallest absolute Gasteiger partial charge is 0.250 e. The van der Waals surface area contributed by atoms with Crippen LogP contribution in [0, 0.1) is 0 Å². The largest absolute Gasteiger partial charge is 0.504 e. The molecule has 3 aromatic rings. The average molecular weight is 397 g/mol. The molecule has 0 fully saturated rings. The van der Waals surface area contributed by atoms with Crippen molar-refractivity contribution in [2.45, 2.75) is 5.16 Å². The van der Waals surface area contributed by atoms with E-state index in [1.165, 1.54) is 31.2 Å². The molecular weight excluding hydrogens is 378 g/mol. The van der Waals surface area contributed by atoms with Gasteiger partial charge in [0.15, 0.2) is 22.5 Å². The van der Waals surface area contributed by atoms with Crippen molar-refractivity contribution in [1.29, 1.82) is 0 Å². The van der Waals surface area contributed by atoms with Gasteiger partial charge in [-0.2, -0.15) is 5.10 Å². The molecule has 2 aromatic carbocycles. The molecule has 0 bridgehead atoms. The average Bonchev–Trinajstić information content (AvgIpc) is 3.08. The van der Waals surface area contributed by atoms with Crippen LogP contribution in [0.5, 0.6) is 11.5 Å². The summed E-state index contributed by atoms with van der Waals surface area (Å²) in [4.78, 5) is 12.0. The Morgan fingerprint density at radius 3 is 2.82 bits per heavy atom. The van der Waals surface area contributed by atoms with Crippen LogP contribution in [0.1, 0.15) is 5.56 Å². The summed E-state index contributed by atoms with van der Waals surface area (Å²) in [5.41, 5.74) is 4.10. The number of hydrazone groups is 1. The summed E-state index contributed by atoms with van der Waals surface area (Å²) in [5, 5.41) is 22.5. The lowest BCUT2D eigenvalue weighted by atomic mass is 10.2. The van der Waals surface area contributed by atoms with Gasteiger partial charge >= 0.3 is 0 Å². The molecule has 1 heterocycles. The normalized spacial score (nSPS) is 10.9. The summed E-state index contributed by atoms with van der Waals surface area (Å²) in [6.45, 7) is 0. The molecule has 0 saturated heterocycles. The fraction of sp³-hybridized carbons (Fsp3) is 0.158. The highest BCUT2D eigenvalue weighted by Crippen LogP contribution is 2.25. The standard InChI is InChI=1S/C19H19N5O3S/c1-24-18(14-6-4-3-5-7-14)22-23-19(24)28-12-17(26)21-20-11-13-8-9-15(25)16(10-13)27-2/h3-11,25H,12H2,1-2H3,(H,21,26)/b20-11+. The van der Waals surface area contributed by atoms with Crippen molar-refractivity contribution in [3.8, 4) is 22.9 Å². The van der Waals surface area contributed by atoms with Crippen LogP contribution >= 0.6 is 11.8 Å². The van der Waals surface area contributed by atoms with Gasteiger partial charge in [-0.25, -0.2) is 5.43 Å². The number of benzene rings is 2. The van der Waals surface area contributed by atoms with Gasteiger partial charge in [-0.15, -0.1) is 10.2 Å². The van der Waals surface area contributed by atoms with Crippen molar-refractivity contribution in [1.82, 2.24) is 20.2 Å². The van der Waals surface area contributed by atoms with Crippen LogP contribution in [0.2, 0.25) is 0 Å². The molecule has 0 radical (unpaired) electrons. The number of nitrogens with one attached hydrogen (secondary N) is 1. The van der Waals surface area contributed by atoms with Gasteiger partial charge in [0.05, 0.1) is 19.1 Å². The molecule has 1 aromatic heterocycles. The Bertz CT molecular complexity index is 988. The number of thioether (sulfide) groups is 1. The summed E-state index contributed by atoms with van der Waals surface area (Å²) >= 11 is 1.28. The zero-order chi connectivity index (χ0) is 19.9. The number of nitrogens with zero attached hydrogens (tertiary/aromatic N) is 4. The first-order valence-corrected chi connectivity index (χ1v) is 9.33. The number of phenols is 1. The monoisotopic (exact) mass is 397 g/mol. The first-order chi connectivity index (χ1) is 13.6. The Morgan fingerprint density at radius 2 is 2.07 bits per heavy atom. The number of carbonyl (C=O) groups is 1. The molecule has 0 saturated carbocycles. The van der Waals surface area contributed by atoms with Crippen LogP contribution in [0.25, 0.3) is 11.4 Å². The van der Waals surface area contributed by atoms with E-state index in [1.807, 2.05) is 41.9 Å². The molecule has 0 aliphatic rings. The summed E-state index contributed by atoms with van der Waals surface area (Å²) in [6.07, 6.45) is 1.47. The van der Waals surface area contributed by atoms with E-state index in [1.54, 1.807) is 12.1 Å². The fourth-order valence-corrected chi connectivity index (χ4v) is 3.10. The highest BCUT2D eigenvalue weighted by Gasteiger charge is 2.12. The van der Waals surface area contributed by atoms with Crippen LogP contribution in [0.15, 0.2) is 58.8 Å². The number of rotatable bonds is 7. The van der Waals surface area contributed by atoms with Crippen molar-refractivity contribution in [3.63, 3.8) is 0 Å². The van der Waals surface area contributed by atoms with Crippen molar-refractivity contribution < 1.29 is 14.6 Å². The summed E-state index contributed by atoms with van der Waals surface area (Å²) in [6, 6.07) is 14.5. The zero-order valence-corrected chi connectivity index (χ0v) is 16.2. The van der Waals surface area contributed by atoms with Crippen LogP contribution in [-0.2, 0) is 11.8 Å².